The van der Waals surface area contributed by atoms with Gasteiger partial charge in [0, 0.05) is 13.1 Å². The highest BCUT2D eigenvalue weighted by molar-refractivity contribution is 7.80. The molecule has 6 nitrogen and oxygen atoms in total. The van der Waals surface area contributed by atoms with Gasteiger partial charge in [0.1, 0.15) is 0 Å². The third-order valence-corrected chi connectivity index (χ3v) is 2.01. The second-order valence-corrected chi connectivity index (χ2v) is 4.81. The number of hydrogen-bond acceptors (Lipinski definition) is 4. The Morgan fingerprint density at radius 3 is 2.35 bits per heavy atom. The first-order valence-electron chi connectivity index (χ1n) is 5.25. The average molecular weight is 261 g/mol. The quantitative estimate of drug-likeness (QED) is 0.436. The van der Waals surface area contributed by atoms with Crippen molar-refractivity contribution in [2.24, 2.45) is 5.73 Å². The van der Waals surface area contributed by atoms with Crippen LogP contribution < -0.4 is 11.1 Å². The van der Waals surface area contributed by atoms with Crippen LogP contribution in [0.25, 0.3) is 0 Å². The molecule has 0 saturated heterocycles. The first-order valence-corrected chi connectivity index (χ1v) is 5.66. The minimum Gasteiger partial charge on any atom is -0.392 e. The van der Waals surface area contributed by atoms with Crippen molar-refractivity contribution >= 4 is 29.0 Å². The van der Waals surface area contributed by atoms with Crippen LogP contribution in [0, 0.1) is 0 Å². The maximum Gasteiger partial charge on any atom is 0.311 e. The van der Waals surface area contributed by atoms with Gasteiger partial charge in [-0.15, -0.1) is 0 Å². The molecule has 0 aliphatic heterocycles. The first-order chi connectivity index (χ1) is 7.67. The summed E-state index contributed by atoms with van der Waals surface area (Å²) >= 11 is 4.58. The first kappa shape index (κ1) is 15.8. The van der Waals surface area contributed by atoms with Gasteiger partial charge in [-0.3, -0.25) is 9.59 Å². The van der Waals surface area contributed by atoms with Gasteiger partial charge in [0.25, 0.3) is 0 Å². The second kappa shape index (κ2) is 6.51. The van der Waals surface area contributed by atoms with Gasteiger partial charge in [-0.2, -0.15) is 0 Å². The summed E-state index contributed by atoms with van der Waals surface area (Å²) in [6.45, 7) is 5.27. The van der Waals surface area contributed by atoms with Gasteiger partial charge < -0.3 is 21.1 Å². The molecule has 2 amide bonds. The van der Waals surface area contributed by atoms with E-state index in [1.54, 1.807) is 20.8 Å². The van der Waals surface area contributed by atoms with E-state index in [1.807, 2.05) is 0 Å². The SMILES string of the molecule is CCN(CC(C)(C)O)C(=O)C(=O)NCC(N)=S. The van der Waals surface area contributed by atoms with Crippen molar-refractivity contribution in [3.8, 4) is 0 Å². The van der Waals surface area contributed by atoms with Crippen molar-refractivity contribution in [1.29, 1.82) is 0 Å². The third-order valence-electron chi connectivity index (χ3n) is 1.86. The molecule has 0 aromatic carbocycles. The molecule has 98 valence electrons. The van der Waals surface area contributed by atoms with Gasteiger partial charge in [-0.1, -0.05) is 12.2 Å². The molecule has 7 heteroatoms. The van der Waals surface area contributed by atoms with Crippen LogP contribution in [0.1, 0.15) is 20.8 Å². The van der Waals surface area contributed by atoms with Gasteiger partial charge in [-0.25, -0.2) is 0 Å². The molecule has 0 aromatic rings. The molecule has 0 aromatic heterocycles. The summed E-state index contributed by atoms with van der Waals surface area (Å²) in [4.78, 5) is 24.5. The number of thiocarbonyl (C=S) groups is 1. The van der Waals surface area contributed by atoms with E-state index in [9.17, 15) is 14.7 Å². The third kappa shape index (κ3) is 6.85. The number of aliphatic hydroxyl groups is 1. The fourth-order valence-electron chi connectivity index (χ4n) is 1.18. The van der Waals surface area contributed by atoms with Gasteiger partial charge in [0.05, 0.1) is 17.1 Å². The average Bonchev–Trinajstić information content (AvgIpc) is 2.20. The highest BCUT2D eigenvalue weighted by atomic mass is 32.1. The van der Waals surface area contributed by atoms with Crippen molar-refractivity contribution in [3.63, 3.8) is 0 Å². The van der Waals surface area contributed by atoms with Crippen LogP contribution in [0.5, 0.6) is 0 Å². The van der Waals surface area contributed by atoms with Crippen LogP contribution in [0.15, 0.2) is 0 Å². The largest absolute Gasteiger partial charge is 0.392 e. The van der Waals surface area contributed by atoms with Crippen molar-refractivity contribution in [3.05, 3.63) is 0 Å². The Hall–Kier alpha value is -1.21. The summed E-state index contributed by atoms with van der Waals surface area (Å²) in [5, 5.41) is 11.9. The molecule has 0 bridgehead atoms. The molecule has 0 aliphatic rings. The van der Waals surface area contributed by atoms with Gasteiger partial charge in [0.2, 0.25) is 0 Å². The van der Waals surface area contributed by atoms with E-state index in [2.05, 4.69) is 17.5 Å². The molecule has 0 saturated carbocycles. The number of nitrogens with two attached hydrogens (primary N) is 1. The van der Waals surface area contributed by atoms with E-state index in [4.69, 9.17) is 5.73 Å². The molecular formula is C10H19N3O3S. The molecule has 0 radical (unpaired) electrons. The molecule has 0 heterocycles. The molecule has 4 N–H and O–H groups in total. The fraction of sp³-hybridized carbons (Fsp3) is 0.700. The van der Waals surface area contributed by atoms with Crippen molar-refractivity contribution in [2.45, 2.75) is 26.4 Å². The predicted octanol–water partition coefficient (Wildman–Crippen LogP) is -0.992. The van der Waals surface area contributed by atoms with Crippen molar-refractivity contribution in [2.75, 3.05) is 19.6 Å². The van der Waals surface area contributed by atoms with Crippen LogP contribution in [-0.4, -0.2) is 52.0 Å². The highest BCUT2D eigenvalue weighted by Crippen LogP contribution is 2.04. The predicted molar refractivity (Wildman–Crippen MR) is 68.3 cm³/mol. The van der Waals surface area contributed by atoms with Gasteiger partial charge >= 0.3 is 11.8 Å². The van der Waals surface area contributed by atoms with Crippen molar-refractivity contribution < 1.29 is 14.7 Å². The molecule has 17 heavy (non-hydrogen) atoms. The maximum atomic E-state index is 11.7. The minimum absolute atomic E-state index is 0.0139. The van der Waals surface area contributed by atoms with E-state index in [-0.39, 0.29) is 18.1 Å². The lowest BCUT2D eigenvalue weighted by molar-refractivity contribution is -0.147. The summed E-state index contributed by atoms with van der Waals surface area (Å²) in [7, 11) is 0. The Morgan fingerprint density at radius 2 is 2.00 bits per heavy atom. The summed E-state index contributed by atoms with van der Waals surface area (Å²) in [6, 6.07) is 0. The minimum atomic E-state index is -1.05. The number of hydrogen-bond donors (Lipinski definition) is 3. The van der Waals surface area contributed by atoms with Gasteiger partial charge in [0.15, 0.2) is 0 Å². The standard InChI is InChI=1S/C10H19N3O3S/c1-4-13(6-10(2,3)16)9(15)8(14)12-5-7(11)17/h16H,4-6H2,1-3H3,(H2,11,17)(H,12,14). The van der Waals surface area contributed by atoms with Crippen LogP contribution in [0.3, 0.4) is 0 Å². The molecule has 0 unspecified atom stereocenters. The fourth-order valence-corrected chi connectivity index (χ4v) is 1.25. The molecule has 0 spiro atoms. The number of nitrogens with one attached hydrogen (secondary N) is 1. The van der Waals surface area contributed by atoms with Crippen LogP contribution >= 0.6 is 12.2 Å². The Bertz CT molecular complexity index is 312. The number of amides is 2. The highest BCUT2D eigenvalue weighted by Gasteiger charge is 2.25. The van der Waals surface area contributed by atoms with E-state index >= 15 is 0 Å². The van der Waals surface area contributed by atoms with Crippen molar-refractivity contribution in [1.82, 2.24) is 10.2 Å². The molecule has 0 fully saturated rings. The molecular weight excluding hydrogens is 242 g/mol. The van der Waals surface area contributed by atoms with E-state index in [0.717, 1.165) is 0 Å². The number of carbonyl (C=O) groups is 2. The van der Waals surface area contributed by atoms with Crippen LogP contribution in [0.4, 0.5) is 0 Å². The normalized spacial score (nSPS) is 10.8. The maximum absolute atomic E-state index is 11.7. The number of nitrogens with zero attached hydrogens (tertiary/aromatic N) is 1. The Labute approximate surface area is 106 Å². The summed E-state index contributed by atoms with van der Waals surface area (Å²) in [5.74, 6) is -1.48. The second-order valence-electron chi connectivity index (χ2n) is 4.28. The van der Waals surface area contributed by atoms with Gasteiger partial charge in [-0.05, 0) is 20.8 Å². The van der Waals surface area contributed by atoms with E-state index in [1.165, 1.54) is 4.90 Å². The summed E-state index contributed by atoms with van der Waals surface area (Å²) in [5.41, 5.74) is 4.16. The number of likely N-dealkylation sites (N-methyl/N-ethyl adjacent to an activating group) is 1. The molecule has 0 aliphatic carbocycles. The number of rotatable bonds is 5. The topological polar surface area (TPSA) is 95.7 Å². The van der Waals surface area contributed by atoms with Crippen LogP contribution in [-0.2, 0) is 9.59 Å². The monoisotopic (exact) mass is 261 g/mol. The number of carbonyl (C=O) groups excluding carboxylic acids is 2. The zero-order valence-electron chi connectivity index (χ0n) is 10.3. The smallest absolute Gasteiger partial charge is 0.311 e. The lowest BCUT2D eigenvalue weighted by Crippen LogP contribution is -2.49. The zero-order chi connectivity index (χ0) is 13.6. The summed E-state index contributed by atoms with van der Waals surface area (Å²) in [6.07, 6.45) is 0. The Morgan fingerprint density at radius 1 is 1.47 bits per heavy atom. The van der Waals surface area contributed by atoms with Crippen LogP contribution in [0.2, 0.25) is 0 Å². The lowest BCUT2D eigenvalue weighted by Gasteiger charge is -2.27. The lowest BCUT2D eigenvalue weighted by atomic mass is 10.1. The van der Waals surface area contributed by atoms with E-state index in [0.29, 0.717) is 6.54 Å². The zero-order valence-corrected chi connectivity index (χ0v) is 11.1. The summed E-state index contributed by atoms with van der Waals surface area (Å²) < 4.78 is 0. The Balaban J connectivity index is 4.43. The molecule has 0 rings (SSSR count). The van der Waals surface area contributed by atoms with E-state index < -0.39 is 17.4 Å². The molecule has 0 atom stereocenters. The Kier molecular flexibility index (Phi) is 6.04.